The number of halogens is 1. The third kappa shape index (κ3) is 4.46. The van der Waals surface area contributed by atoms with Crippen molar-refractivity contribution in [2.75, 3.05) is 49.6 Å². The molecule has 1 atom stereocenters. The molecule has 7 nitrogen and oxygen atoms in total. The lowest BCUT2D eigenvalue weighted by Gasteiger charge is -2.38. The Morgan fingerprint density at radius 1 is 1.07 bits per heavy atom. The maximum Gasteiger partial charge on any atom is 0.265 e. The van der Waals surface area contributed by atoms with E-state index in [1.807, 2.05) is 35.2 Å². The number of ether oxygens (including phenoxy) is 2. The largest absolute Gasteiger partial charge is 0.477 e. The second kappa shape index (κ2) is 8.71. The minimum Gasteiger partial charge on any atom is -0.477 e. The van der Waals surface area contributed by atoms with Gasteiger partial charge in [-0.25, -0.2) is 0 Å². The quantitative estimate of drug-likeness (QED) is 0.830. The number of amides is 2. The van der Waals surface area contributed by atoms with E-state index in [-0.39, 0.29) is 18.4 Å². The number of morpholine rings is 1. The average Bonchev–Trinajstić information content (AvgIpc) is 2.75. The monoisotopic (exact) mass is 415 g/mol. The second-order valence-corrected chi connectivity index (χ2v) is 7.33. The summed E-state index contributed by atoms with van der Waals surface area (Å²) >= 11 is 6.13. The number of rotatable bonds is 4. The molecular weight excluding hydrogens is 394 g/mol. The lowest BCUT2D eigenvalue weighted by atomic mass is 10.1. The van der Waals surface area contributed by atoms with E-state index in [1.165, 1.54) is 0 Å². The zero-order chi connectivity index (χ0) is 20.2. The Bertz CT molecular complexity index is 901. The van der Waals surface area contributed by atoms with Crippen molar-refractivity contribution in [2.24, 2.45) is 0 Å². The molecule has 0 aromatic heterocycles. The fourth-order valence-electron chi connectivity index (χ4n) is 3.50. The van der Waals surface area contributed by atoms with Crippen molar-refractivity contribution < 1.29 is 19.1 Å². The molecule has 1 saturated heterocycles. The number of nitrogens with one attached hydrogen (secondary N) is 1. The molecule has 0 radical (unpaired) electrons. The highest BCUT2D eigenvalue weighted by molar-refractivity contribution is 6.33. The zero-order valence-corrected chi connectivity index (χ0v) is 16.6. The topological polar surface area (TPSA) is 71.1 Å². The van der Waals surface area contributed by atoms with Gasteiger partial charge in [0.15, 0.2) is 6.10 Å². The van der Waals surface area contributed by atoms with Gasteiger partial charge in [-0.05, 0) is 24.3 Å². The van der Waals surface area contributed by atoms with Crippen molar-refractivity contribution in [3.63, 3.8) is 0 Å². The van der Waals surface area contributed by atoms with Gasteiger partial charge in [0.1, 0.15) is 5.75 Å². The average molecular weight is 416 g/mol. The normalized spacial score (nSPS) is 18.6. The van der Waals surface area contributed by atoms with E-state index in [0.29, 0.717) is 49.3 Å². The summed E-state index contributed by atoms with van der Waals surface area (Å²) in [5.41, 5.74) is 1.34. The predicted molar refractivity (Wildman–Crippen MR) is 111 cm³/mol. The van der Waals surface area contributed by atoms with Gasteiger partial charge < -0.3 is 24.6 Å². The minimum atomic E-state index is -0.670. The summed E-state index contributed by atoms with van der Waals surface area (Å²) in [5, 5.41) is 3.31. The third-order valence-electron chi connectivity index (χ3n) is 4.94. The molecule has 2 aromatic rings. The van der Waals surface area contributed by atoms with E-state index in [1.54, 1.807) is 23.1 Å². The maximum absolute atomic E-state index is 12.9. The standard InChI is InChI=1S/C21H22ClN3O4/c22-15-5-1-2-6-16(15)23-20(26)14-25-13-19(21(27)24-9-11-28-12-10-24)29-18-8-4-3-7-17(18)25/h1-8,19H,9-14H2,(H,23,26). The number of benzene rings is 2. The van der Waals surface area contributed by atoms with Crippen LogP contribution in [0.4, 0.5) is 11.4 Å². The summed E-state index contributed by atoms with van der Waals surface area (Å²) in [7, 11) is 0. The lowest BCUT2D eigenvalue weighted by Crippen LogP contribution is -2.53. The Hall–Kier alpha value is -2.77. The van der Waals surface area contributed by atoms with Crippen LogP contribution in [0, 0.1) is 0 Å². The van der Waals surface area contributed by atoms with Crippen LogP contribution in [0.1, 0.15) is 0 Å². The highest BCUT2D eigenvalue weighted by Gasteiger charge is 2.34. The number of anilines is 2. The number of hydrogen-bond donors (Lipinski definition) is 1. The number of para-hydroxylation sites is 3. The Kier molecular flexibility index (Phi) is 5.87. The van der Waals surface area contributed by atoms with E-state index in [4.69, 9.17) is 21.1 Å². The van der Waals surface area contributed by atoms with Crippen molar-refractivity contribution >= 4 is 34.8 Å². The first-order valence-corrected chi connectivity index (χ1v) is 9.91. The van der Waals surface area contributed by atoms with Crippen LogP contribution >= 0.6 is 11.6 Å². The van der Waals surface area contributed by atoms with Crippen LogP contribution in [0.3, 0.4) is 0 Å². The fraction of sp³-hybridized carbons (Fsp3) is 0.333. The molecule has 2 heterocycles. The Labute approximate surface area is 174 Å². The van der Waals surface area contributed by atoms with Crippen LogP contribution < -0.4 is 15.0 Å². The molecule has 2 aliphatic heterocycles. The van der Waals surface area contributed by atoms with E-state index in [9.17, 15) is 9.59 Å². The van der Waals surface area contributed by atoms with Crippen molar-refractivity contribution in [2.45, 2.75) is 6.10 Å². The summed E-state index contributed by atoms with van der Waals surface area (Å²) in [6, 6.07) is 14.5. The van der Waals surface area contributed by atoms with Crippen molar-refractivity contribution in [1.82, 2.24) is 4.90 Å². The molecule has 1 fully saturated rings. The van der Waals surface area contributed by atoms with Gasteiger partial charge in [-0.15, -0.1) is 0 Å². The van der Waals surface area contributed by atoms with E-state index in [2.05, 4.69) is 5.32 Å². The van der Waals surface area contributed by atoms with Crippen molar-refractivity contribution in [3.8, 4) is 5.75 Å². The minimum absolute atomic E-state index is 0.0818. The van der Waals surface area contributed by atoms with Gasteiger partial charge in [0, 0.05) is 13.1 Å². The first kappa shape index (κ1) is 19.5. The summed E-state index contributed by atoms with van der Waals surface area (Å²) in [6.07, 6.45) is -0.670. The highest BCUT2D eigenvalue weighted by Crippen LogP contribution is 2.33. The Morgan fingerprint density at radius 3 is 2.59 bits per heavy atom. The van der Waals surface area contributed by atoms with Gasteiger partial charge in [0.2, 0.25) is 5.91 Å². The van der Waals surface area contributed by atoms with Crippen LogP contribution in [0.2, 0.25) is 5.02 Å². The molecular formula is C21H22ClN3O4. The molecule has 2 aliphatic rings. The zero-order valence-electron chi connectivity index (χ0n) is 15.8. The van der Waals surface area contributed by atoms with E-state index >= 15 is 0 Å². The van der Waals surface area contributed by atoms with Gasteiger partial charge >= 0.3 is 0 Å². The maximum atomic E-state index is 12.9. The smallest absolute Gasteiger partial charge is 0.265 e. The second-order valence-electron chi connectivity index (χ2n) is 6.92. The van der Waals surface area contributed by atoms with Crippen LogP contribution in [-0.2, 0) is 14.3 Å². The van der Waals surface area contributed by atoms with Gasteiger partial charge in [-0.1, -0.05) is 35.9 Å². The Balaban J connectivity index is 1.49. The molecule has 2 amide bonds. The molecule has 2 aromatic carbocycles. The summed E-state index contributed by atoms with van der Waals surface area (Å²) in [6.45, 7) is 2.53. The fourth-order valence-corrected chi connectivity index (χ4v) is 3.68. The Morgan fingerprint density at radius 2 is 1.79 bits per heavy atom. The SMILES string of the molecule is O=C(CN1CC(C(=O)N2CCOCC2)Oc2ccccc21)Nc1ccccc1Cl. The van der Waals surface area contributed by atoms with Crippen molar-refractivity contribution in [1.29, 1.82) is 0 Å². The molecule has 8 heteroatoms. The predicted octanol–water partition coefficient (Wildman–Crippen LogP) is 2.40. The summed E-state index contributed by atoms with van der Waals surface area (Å²) in [4.78, 5) is 29.2. The lowest BCUT2D eigenvalue weighted by molar-refractivity contribution is -0.142. The molecule has 0 bridgehead atoms. The number of fused-ring (bicyclic) bond motifs is 1. The molecule has 152 valence electrons. The van der Waals surface area contributed by atoms with Gasteiger partial charge in [-0.3, -0.25) is 9.59 Å². The molecule has 0 saturated carbocycles. The van der Waals surface area contributed by atoms with Crippen LogP contribution in [0.25, 0.3) is 0 Å². The highest BCUT2D eigenvalue weighted by atomic mass is 35.5. The van der Waals surface area contributed by atoms with Crippen LogP contribution in [0.15, 0.2) is 48.5 Å². The summed E-state index contributed by atoms with van der Waals surface area (Å²) < 4.78 is 11.3. The third-order valence-corrected chi connectivity index (χ3v) is 5.27. The molecule has 1 N–H and O–H groups in total. The molecule has 29 heavy (non-hydrogen) atoms. The molecule has 4 rings (SSSR count). The number of carbonyl (C=O) groups is 2. The number of hydrogen-bond acceptors (Lipinski definition) is 5. The van der Waals surface area contributed by atoms with E-state index < -0.39 is 6.10 Å². The summed E-state index contributed by atoms with van der Waals surface area (Å²) in [5.74, 6) is 0.294. The van der Waals surface area contributed by atoms with Gasteiger partial charge in [-0.2, -0.15) is 0 Å². The van der Waals surface area contributed by atoms with E-state index in [0.717, 1.165) is 5.69 Å². The molecule has 0 spiro atoms. The first-order valence-electron chi connectivity index (χ1n) is 9.53. The van der Waals surface area contributed by atoms with Gasteiger partial charge in [0.05, 0.1) is 42.7 Å². The molecule has 1 unspecified atom stereocenters. The van der Waals surface area contributed by atoms with Gasteiger partial charge in [0.25, 0.3) is 5.91 Å². The molecule has 0 aliphatic carbocycles. The number of nitrogens with zero attached hydrogens (tertiary/aromatic N) is 2. The van der Waals surface area contributed by atoms with Crippen molar-refractivity contribution in [3.05, 3.63) is 53.6 Å². The first-order chi connectivity index (χ1) is 14.1. The number of carbonyl (C=O) groups excluding carboxylic acids is 2. The van der Waals surface area contributed by atoms with Crippen LogP contribution in [0.5, 0.6) is 5.75 Å². The van der Waals surface area contributed by atoms with Crippen LogP contribution in [-0.4, -0.2) is 62.2 Å².